The van der Waals surface area contributed by atoms with Crippen molar-refractivity contribution in [3.8, 4) is 17.3 Å². The van der Waals surface area contributed by atoms with Crippen LogP contribution in [0.2, 0.25) is 0 Å². The minimum absolute atomic E-state index is 0.00612. The summed E-state index contributed by atoms with van der Waals surface area (Å²) in [6, 6.07) is 15.3. The summed E-state index contributed by atoms with van der Waals surface area (Å²) in [6.07, 6.45) is 7.29. The molecule has 4 aromatic rings. The normalized spacial score (nSPS) is 18.3. The van der Waals surface area contributed by atoms with E-state index < -0.39 is 11.7 Å². The van der Waals surface area contributed by atoms with E-state index in [9.17, 15) is 14.9 Å². The lowest BCUT2D eigenvalue weighted by molar-refractivity contribution is -0.147. The van der Waals surface area contributed by atoms with Crippen molar-refractivity contribution in [3.63, 3.8) is 0 Å². The number of ether oxygens (including phenoxy) is 2. The van der Waals surface area contributed by atoms with Gasteiger partial charge in [-0.25, -0.2) is 24.6 Å². The van der Waals surface area contributed by atoms with Gasteiger partial charge in [-0.15, -0.1) is 0 Å². The van der Waals surface area contributed by atoms with Crippen LogP contribution in [0.3, 0.4) is 0 Å². The molecule has 2 aliphatic rings. The number of hydrogen-bond donors (Lipinski definition) is 0. The Morgan fingerprint density at radius 1 is 1.02 bits per heavy atom. The van der Waals surface area contributed by atoms with Crippen LogP contribution in [0.25, 0.3) is 22.3 Å². The van der Waals surface area contributed by atoms with E-state index in [4.69, 9.17) is 14.5 Å². The molecule has 220 valence electrons. The summed E-state index contributed by atoms with van der Waals surface area (Å²) < 4.78 is 13.5. The predicted molar refractivity (Wildman–Crippen MR) is 161 cm³/mol. The molecule has 10 heteroatoms. The first-order valence-electron chi connectivity index (χ1n) is 14.6. The Balaban J connectivity index is 1.45. The molecule has 2 aliphatic carbocycles. The summed E-state index contributed by atoms with van der Waals surface area (Å²) >= 11 is 0. The van der Waals surface area contributed by atoms with Crippen molar-refractivity contribution in [2.24, 2.45) is 0 Å². The van der Waals surface area contributed by atoms with E-state index in [0.717, 1.165) is 54.3 Å². The number of imidazole rings is 1. The minimum atomic E-state index is -0.757. The van der Waals surface area contributed by atoms with Gasteiger partial charge in [0.05, 0.1) is 40.7 Å². The summed E-state index contributed by atoms with van der Waals surface area (Å²) in [5, 5.41) is 9.53. The standard InChI is InChI=1S/C33H34N6O4/c1-20(40)42-29-7-5-6-27(29)38-19-36-25-11-10-23(16-28(25)38)26-15-24(22-8-9-22)17-31(37-26)39(32(41)43-33(2,3)4)30-14-21(18-34)12-13-35-30/h10-17,19,22,27,29H,5-9H2,1-4H3. The van der Waals surface area contributed by atoms with Gasteiger partial charge in [0.1, 0.15) is 23.3 Å². The first-order chi connectivity index (χ1) is 20.6. The van der Waals surface area contributed by atoms with E-state index in [-0.39, 0.29) is 23.9 Å². The smallest absolute Gasteiger partial charge is 0.421 e. The van der Waals surface area contributed by atoms with Crippen molar-refractivity contribution in [1.82, 2.24) is 19.5 Å². The summed E-state index contributed by atoms with van der Waals surface area (Å²) in [7, 11) is 0. The molecule has 0 radical (unpaired) electrons. The fourth-order valence-electron chi connectivity index (χ4n) is 5.70. The molecule has 43 heavy (non-hydrogen) atoms. The molecule has 6 rings (SSSR count). The lowest BCUT2D eigenvalue weighted by atomic mass is 10.0. The SMILES string of the molecule is CC(=O)OC1CCCC1n1cnc2ccc(-c3cc(C4CC4)cc(N(C(=O)OC(C)(C)C)c4cc(C#N)ccn4)n3)cc21. The average molecular weight is 579 g/mol. The Bertz CT molecular complexity index is 1750. The van der Waals surface area contributed by atoms with E-state index >= 15 is 0 Å². The molecule has 0 spiro atoms. The molecule has 3 heterocycles. The van der Waals surface area contributed by atoms with E-state index in [1.807, 2.05) is 24.5 Å². The molecule has 3 aromatic heterocycles. The van der Waals surface area contributed by atoms with Crippen LogP contribution in [0.4, 0.5) is 16.4 Å². The maximum absolute atomic E-state index is 13.6. The zero-order chi connectivity index (χ0) is 30.3. The van der Waals surface area contributed by atoms with E-state index in [1.165, 1.54) is 18.0 Å². The quantitative estimate of drug-likeness (QED) is 0.225. The molecule has 2 fully saturated rings. The van der Waals surface area contributed by atoms with Crippen LogP contribution in [0.1, 0.15) is 82.9 Å². The maximum Gasteiger partial charge on any atom is 0.421 e. The number of hydrogen-bond acceptors (Lipinski definition) is 8. The summed E-state index contributed by atoms with van der Waals surface area (Å²) in [5.41, 5.74) is 4.01. The second-order valence-electron chi connectivity index (χ2n) is 12.2. The largest absolute Gasteiger partial charge is 0.460 e. The fraction of sp³-hybridized carbons (Fsp3) is 0.394. The number of pyridine rings is 2. The zero-order valence-electron chi connectivity index (χ0n) is 24.8. The highest BCUT2D eigenvalue weighted by atomic mass is 16.6. The van der Waals surface area contributed by atoms with Crippen molar-refractivity contribution in [1.29, 1.82) is 5.26 Å². The van der Waals surface area contributed by atoms with Gasteiger partial charge < -0.3 is 14.0 Å². The number of nitrogens with zero attached hydrogens (tertiary/aromatic N) is 6. The van der Waals surface area contributed by atoms with Crippen LogP contribution < -0.4 is 4.90 Å². The van der Waals surface area contributed by atoms with Gasteiger partial charge in [0.2, 0.25) is 0 Å². The van der Waals surface area contributed by atoms with Crippen molar-refractivity contribution in [3.05, 3.63) is 66.1 Å². The number of amides is 1. The summed E-state index contributed by atoms with van der Waals surface area (Å²) in [4.78, 5) is 40.7. The molecule has 0 bridgehead atoms. The first kappa shape index (κ1) is 28.3. The predicted octanol–water partition coefficient (Wildman–Crippen LogP) is 6.97. The molecule has 1 aromatic carbocycles. The number of fused-ring (bicyclic) bond motifs is 1. The topological polar surface area (TPSA) is 123 Å². The van der Waals surface area contributed by atoms with Gasteiger partial charge >= 0.3 is 12.1 Å². The zero-order valence-corrected chi connectivity index (χ0v) is 24.8. The Labute approximate surface area is 250 Å². The van der Waals surface area contributed by atoms with E-state index in [0.29, 0.717) is 23.0 Å². The maximum atomic E-state index is 13.6. The number of rotatable bonds is 6. The first-order valence-corrected chi connectivity index (χ1v) is 14.6. The average Bonchev–Trinajstić information content (AvgIpc) is 3.59. The van der Waals surface area contributed by atoms with Crippen LogP contribution in [0.5, 0.6) is 0 Å². The highest BCUT2D eigenvalue weighted by molar-refractivity contribution is 5.95. The lowest BCUT2D eigenvalue weighted by Gasteiger charge is -2.27. The van der Waals surface area contributed by atoms with Crippen LogP contribution >= 0.6 is 0 Å². The molecule has 2 atom stereocenters. The molecule has 2 saturated carbocycles. The van der Waals surface area contributed by atoms with Crippen LogP contribution in [0.15, 0.2) is 55.0 Å². The number of nitriles is 1. The molecular formula is C33H34N6O4. The number of anilines is 2. The molecule has 2 unspecified atom stereocenters. The number of carbonyl (C=O) groups excluding carboxylic acids is 2. The van der Waals surface area contributed by atoms with Gasteiger partial charge in [0.15, 0.2) is 0 Å². The third-order valence-corrected chi connectivity index (χ3v) is 7.75. The number of carbonyl (C=O) groups is 2. The van der Waals surface area contributed by atoms with Gasteiger partial charge in [0.25, 0.3) is 0 Å². The molecule has 0 aliphatic heterocycles. The van der Waals surface area contributed by atoms with E-state index in [1.54, 1.807) is 32.9 Å². The van der Waals surface area contributed by atoms with Crippen molar-refractivity contribution in [2.75, 3.05) is 4.90 Å². The van der Waals surface area contributed by atoms with Crippen molar-refractivity contribution >= 4 is 34.7 Å². The Kier molecular flexibility index (Phi) is 7.34. The number of esters is 1. The minimum Gasteiger partial charge on any atom is -0.460 e. The van der Waals surface area contributed by atoms with Gasteiger partial charge in [-0.05, 0) is 101 Å². The van der Waals surface area contributed by atoms with Crippen molar-refractivity contribution in [2.45, 2.75) is 83.5 Å². The second kappa shape index (κ2) is 11.1. The van der Waals surface area contributed by atoms with Gasteiger partial charge in [-0.1, -0.05) is 6.07 Å². The van der Waals surface area contributed by atoms with Crippen molar-refractivity contribution < 1.29 is 19.1 Å². The monoisotopic (exact) mass is 578 g/mol. The number of aromatic nitrogens is 4. The Hall–Kier alpha value is -4.78. The van der Waals surface area contributed by atoms with E-state index in [2.05, 4.69) is 32.7 Å². The lowest BCUT2D eigenvalue weighted by Crippen LogP contribution is -2.35. The highest BCUT2D eigenvalue weighted by Crippen LogP contribution is 2.43. The molecular weight excluding hydrogens is 544 g/mol. The van der Waals surface area contributed by atoms with Gasteiger partial charge in [-0.2, -0.15) is 5.26 Å². The van der Waals surface area contributed by atoms with Gasteiger partial charge in [0, 0.05) is 18.7 Å². The fourth-order valence-corrected chi connectivity index (χ4v) is 5.70. The Morgan fingerprint density at radius 3 is 2.56 bits per heavy atom. The third-order valence-electron chi connectivity index (χ3n) is 7.75. The molecule has 0 N–H and O–H groups in total. The van der Waals surface area contributed by atoms with Crippen LogP contribution in [0, 0.1) is 11.3 Å². The van der Waals surface area contributed by atoms with Crippen LogP contribution in [-0.2, 0) is 14.3 Å². The summed E-state index contributed by atoms with van der Waals surface area (Å²) in [5.74, 6) is 0.720. The number of benzene rings is 1. The third kappa shape index (κ3) is 6.07. The van der Waals surface area contributed by atoms with Gasteiger partial charge in [-0.3, -0.25) is 4.79 Å². The molecule has 0 saturated heterocycles. The highest BCUT2D eigenvalue weighted by Gasteiger charge is 2.33. The molecule has 10 nitrogen and oxygen atoms in total. The van der Waals surface area contributed by atoms with Crippen LogP contribution in [-0.4, -0.2) is 43.3 Å². The second-order valence-corrected chi connectivity index (χ2v) is 12.2. The Morgan fingerprint density at radius 2 is 1.84 bits per heavy atom. The molecule has 1 amide bonds. The summed E-state index contributed by atoms with van der Waals surface area (Å²) in [6.45, 7) is 6.85.